The van der Waals surface area contributed by atoms with E-state index in [-0.39, 0.29) is 12.0 Å². The highest BCUT2D eigenvalue weighted by Crippen LogP contribution is 2.31. The fourth-order valence-electron chi connectivity index (χ4n) is 2.75. The molecule has 1 atom stereocenters. The highest BCUT2D eigenvalue weighted by molar-refractivity contribution is 5.92. The van der Waals surface area contributed by atoms with Gasteiger partial charge in [0.25, 0.3) is 5.91 Å². The number of amides is 1. The molecule has 1 aliphatic rings. The van der Waals surface area contributed by atoms with E-state index in [2.05, 4.69) is 10.2 Å². The third kappa shape index (κ3) is 3.82. The fraction of sp³-hybridized carbons (Fsp3) is 0.733. The molecule has 1 saturated carbocycles. The SMILES string of the molecule is CC(O)CCN(C)C(=O)c1cc(C2CCCCC2)[nH]n1. The van der Waals surface area contributed by atoms with Crippen molar-refractivity contribution in [1.29, 1.82) is 0 Å². The van der Waals surface area contributed by atoms with E-state index in [1.54, 1.807) is 18.9 Å². The standard InChI is InChI=1S/C15H25N3O2/c1-11(19)8-9-18(2)15(20)14-10-13(16-17-14)12-6-4-3-5-7-12/h10-12,19H,3-9H2,1-2H3,(H,16,17). The van der Waals surface area contributed by atoms with E-state index in [0.717, 1.165) is 5.69 Å². The van der Waals surface area contributed by atoms with Crippen molar-refractivity contribution in [2.24, 2.45) is 0 Å². The van der Waals surface area contributed by atoms with Gasteiger partial charge in [0.2, 0.25) is 0 Å². The van der Waals surface area contributed by atoms with Gasteiger partial charge in [-0.2, -0.15) is 5.10 Å². The molecular weight excluding hydrogens is 254 g/mol. The van der Waals surface area contributed by atoms with Gasteiger partial charge in [0.15, 0.2) is 0 Å². The van der Waals surface area contributed by atoms with Crippen LogP contribution in [0.1, 0.15) is 67.5 Å². The largest absolute Gasteiger partial charge is 0.393 e. The number of aliphatic hydroxyl groups is 1. The molecule has 0 aliphatic heterocycles. The van der Waals surface area contributed by atoms with Crippen LogP contribution in [0.5, 0.6) is 0 Å². The van der Waals surface area contributed by atoms with Crippen molar-refractivity contribution in [3.8, 4) is 0 Å². The Morgan fingerprint density at radius 1 is 1.50 bits per heavy atom. The first-order chi connectivity index (χ1) is 9.58. The summed E-state index contributed by atoms with van der Waals surface area (Å²) in [5, 5.41) is 16.5. The second kappa shape index (κ2) is 6.88. The lowest BCUT2D eigenvalue weighted by Gasteiger charge is -2.19. The molecular formula is C15H25N3O2. The molecule has 0 aromatic carbocycles. The van der Waals surface area contributed by atoms with Gasteiger partial charge >= 0.3 is 0 Å². The van der Waals surface area contributed by atoms with Crippen molar-refractivity contribution in [2.75, 3.05) is 13.6 Å². The smallest absolute Gasteiger partial charge is 0.274 e. The van der Waals surface area contributed by atoms with Crippen LogP contribution in [0.2, 0.25) is 0 Å². The van der Waals surface area contributed by atoms with Crippen LogP contribution in [0.15, 0.2) is 6.07 Å². The molecule has 1 aromatic heterocycles. The molecule has 0 radical (unpaired) electrons. The number of nitrogens with zero attached hydrogens (tertiary/aromatic N) is 2. The molecule has 1 aromatic rings. The monoisotopic (exact) mass is 279 g/mol. The number of hydrogen-bond donors (Lipinski definition) is 2. The third-order valence-corrected chi connectivity index (χ3v) is 4.09. The zero-order valence-corrected chi connectivity index (χ0v) is 12.4. The minimum Gasteiger partial charge on any atom is -0.393 e. The van der Waals surface area contributed by atoms with Gasteiger partial charge in [-0.05, 0) is 32.3 Å². The number of rotatable bonds is 5. The van der Waals surface area contributed by atoms with Gasteiger partial charge in [-0.15, -0.1) is 0 Å². The zero-order valence-electron chi connectivity index (χ0n) is 12.4. The number of aliphatic hydroxyl groups excluding tert-OH is 1. The Kier molecular flexibility index (Phi) is 5.17. The van der Waals surface area contributed by atoms with Crippen LogP contribution in [-0.4, -0.2) is 45.8 Å². The number of hydrogen-bond acceptors (Lipinski definition) is 3. The van der Waals surface area contributed by atoms with Crippen molar-refractivity contribution < 1.29 is 9.90 Å². The van der Waals surface area contributed by atoms with Crippen molar-refractivity contribution >= 4 is 5.91 Å². The Morgan fingerprint density at radius 3 is 2.85 bits per heavy atom. The number of aromatic nitrogens is 2. The van der Waals surface area contributed by atoms with Gasteiger partial charge < -0.3 is 10.0 Å². The van der Waals surface area contributed by atoms with E-state index < -0.39 is 0 Å². The van der Waals surface area contributed by atoms with Gasteiger partial charge in [0.05, 0.1) is 6.10 Å². The molecule has 0 bridgehead atoms. The van der Waals surface area contributed by atoms with Gasteiger partial charge in [-0.25, -0.2) is 0 Å². The molecule has 20 heavy (non-hydrogen) atoms. The average Bonchev–Trinajstić information content (AvgIpc) is 2.94. The number of H-pyrrole nitrogens is 1. The summed E-state index contributed by atoms with van der Waals surface area (Å²) in [5.74, 6) is 0.449. The Labute approximate surface area is 120 Å². The van der Waals surface area contributed by atoms with Gasteiger partial charge in [-0.3, -0.25) is 9.89 Å². The van der Waals surface area contributed by atoms with Gasteiger partial charge in [-0.1, -0.05) is 19.3 Å². The summed E-state index contributed by atoms with van der Waals surface area (Å²) in [7, 11) is 1.75. The number of nitrogens with one attached hydrogen (secondary N) is 1. The van der Waals surface area contributed by atoms with Crippen LogP contribution in [0.4, 0.5) is 0 Å². The van der Waals surface area contributed by atoms with Crippen LogP contribution in [0.25, 0.3) is 0 Å². The summed E-state index contributed by atoms with van der Waals surface area (Å²) in [6.07, 6.45) is 6.42. The molecule has 5 nitrogen and oxygen atoms in total. The Bertz CT molecular complexity index is 436. The van der Waals surface area contributed by atoms with Crippen molar-refractivity contribution in [1.82, 2.24) is 15.1 Å². The normalized spacial score (nSPS) is 17.9. The molecule has 1 heterocycles. The summed E-state index contributed by atoms with van der Waals surface area (Å²) in [6.45, 7) is 2.27. The van der Waals surface area contributed by atoms with Crippen LogP contribution in [0.3, 0.4) is 0 Å². The molecule has 1 fully saturated rings. The molecule has 1 aliphatic carbocycles. The number of carbonyl (C=O) groups is 1. The zero-order chi connectivity index (χ0) is 14.5. The number of aromatic amines is 1. The second-order valence-electron chi connectivity index (χ2n) is 5.91. The molecule has 2 rings (SSSR count). The van der Waals surface area contributed by atoms with E-state index in [1.165, 1.54) is 32.1 Å². The lowest BCUT2D eigenvalue weighted by Crippen LogP contribution is -2.29. The molecule has 0 saturated heterocycles. The van der Waals surface area contributed by atoms with E-state index in [1.807, 2.05) is 6.07 Å². The summed E-state index contributed by atoms with van der Waals surface area (Å²) in [6, 6.07) is 1.90. The maximum absolute atomic E-state index is 12.2. The van der Waals surface area contributed by atoms with E-state index in [0.29, 0.717) is 24.6 Å². The van der Waals surface area contributed by atoms with E-state index in [4.69, 9.17) is 0 Å². The lowest BCUT2D eigenvalue weighted by atomic mass is 9.87. The van der Waals surface area contributed by atoms with Crippen LogP contribution >= 0.6 is 0 Å². The predicted molar refractivity (Wildman–Crippen MR) is 77.7 cm³/mol. The minimum absolute atomic E-state index is 0.0797. The van der Waals surface area contributed by atoms with Gasteiger partial charge in [0, 0.05) is 25.2 Å². The van der Waals surface area contributed by atoms with Crippen molar-refractivity contribution in [3.05, 3.63) is 17.5 Å². The molecule has 0 spiro atoms. The molecule has 1 unspecified atom stereocenters. The van der Waals surface area contributed by atoms with Gasteiger partial charge in [0.1, 0.15) is 5.69 Å². The Hall–Kier alpha value is -1.36. The topological polar surface area (TPSA) is 69.2 Å². The number of carbonyl (C=O) groups excluding carboxylic acids is 1. The second-order valence-corrected chi connectivity index (χ2v) is 5.91. The first kappa shape index (κ1) is 15.0. The maximum Gasteiger partial charge on any atom is 0.274 e. The summed E-state index contributed by atoms with van der Waals surface area (Å²) < 4.78 is 0. The maximum atomic E-state index is 12.2. The van der Waals surface area contributed by atoms with Crippen molar-refractivity contribution in [2.45, 2.75) is 57.5 Å². The van der Waals surface area contributed by atoms with Crippen LogP contribution in [-0.2, 0) is 0 Å². The predicted octanol–water partition coefficient (Wildman–Crippen LogP) is 2.30. The molecule has 1 amide bonds. The fourth-order valence-corrected chi connectivity index (χ4v) is 2.75. The van der Waals surface area contributed by atoms with Crippen molar-refractivity contribution in [3.63, 3.8) is 0 Å². The van der Waals surface area contributed by atoms with Crippen LogP contribution < -0.4 is 0 Å². The Balaban J connectivity index is 1.95. The quantitative estimate of drug-likeness (QED) is 0.869. The van der Waals surface area contributed by atoms with E-state index in [9.17, 15) is 9.90 Å². The first-order valence-electron chi connectivity index (χ1n) is 7.56. The summed E-state index contributed by atoms with van der Waals surface area (Å²) in [4.78, 5) is 13.8. The highest BCUT2D eigenvalue weighted by Gasteiger charge is 2.21. The Morgan fingerprint density at radius 2 is 2.20 bits per heavy atom. The minimum atomic E-state index is -0.387. The lowest BCUT2D eigenvalue weighted by molar-refractivity contribution is 0.0763. The molecule has 5 heteroatoms. The first-order valence-corrected chi connectivity index (χ1v) is 7.56. The summed E-state index contributed by atoms with van der Waals surface area (Å²) in [5.41, 5.74) is 1.58. The van der Waals surface area contributed by atoms with Crippen LogP contribution in [0, 0.1) is 0 Å². The highest BCUT2D eigenvalue weighted by atomic mass is 16.3. The third-order valence-electron chi connectivity index (χ3n) is 4.09. The molecule has 112 valence electrons. The average molecular weight is 279 g/mol. The molecule has 2 N–H and O–H groups in total. The van der Waals surface area contributed by atoms with E-state index >= 15 is 0 Å². The summed E-state index contributed by atoms with van der Waals surface area (Å²) >= 11 is 0.